The number of piperidine rings is 1. The number of benzene rings is 2. The second-order valence-electron chi connectivity index (χ2n) is 14.6. The van der Waals surface area contributed by atoms with Gasteiger partial charge in [-0.1, -0.05) is 18.2 Å². The molecule has 3 N–H and O–H groups in total. The van der Waals surface area contributed by atoms with Crippen LogP contribution >= 0.6 is 0 Å². The Morgan fingerprint density at radius 3 is 2.28 bits per heavy atom. The summed E-state index contributed by atoms with van der Waals surface area (Å²) >= 11 is 0. The van der Waals surface area contributed by atoms with Gasteiger partial charge in [-0.3, -0.25) is 14.6 Å². The Labute approximate surface area is 277 Å². The number of para-hydroxylation sites is 1. The number of fused-ring (bicyclic) bond motifs is 1. The summed E-state index contributed by atoms with van der Waals surface area (Å²) in [5, 5.41) is 8.48. The lowest BCUT2D eigenvalue weighted by Gasteiger charge is -2.51. The van der Waals surface area contributed by atoms with Crippen molar-refractivity contribution in [2.75, 3.05) is 57.7 Å². The quantitative estimate of drug-likeness (QED) is 0.351. The van der Waals surface area contributed by atoms with Gasteiger partial charge in [-0.15, -0.1) is 0 Å². The number of anilines is 1. The van der Waals surface area contributed by atoms with Crippen molar-refractivity contribution < 1.29 is 19.1 Å². The topological polar surface area (TPSA) is 118 Å². The zero-order chi connectivity index (χ0) is 32.7. The van der Waals surface area contributed by atoms with Crippen LogP contribution in [0.2, 0.25) is 0 Å². The first-order chi connectivity index (χ1) is 22.6. The smallest absolute Gasteiger partial charge is 0.410 e. The fourth-order valence-corrected chi connectivity index (χ4v) is 7.60. The molecule has 0 saturated carbocycles. The van der Waals surface area contributed by atoms with Gasteiger partial charge in [0, 0.05) is 56.8 Å². The molecular formula is C36H47N7O4. The van der Waals surface area contributed by atoms with Crippen LogP contribution in [0, 0.1) is 11.8 Å². The van der Waals surface area contributed by atoms with Crippen molar-refractivity contribution in [3.8, 4) is 22.8 Å². The predicted molar refractivity (Wildman–Crippen MR) is 181 cm³/mol. The maximum atomic E-state index is 12.8. The van der Waals surface area contributed by atoms with Crippen LogP contribution in [0.5, 0.6) is 11.5 Å². The van der Waals surface area contributed by atoms with Gasteiger partial charge in [0.2, 0.25) is 0 Å². The molecule has 250 valence electrons. The third kappa shape index (κ3) is 6.82. The highest BCUT2D eigenvalue weighted by atomic mass is 16.6. The molecule has 47 heavy (non-hydrogen) atoms. The van der Waals surface area contributed by atoms with E-state index in [0.29, 0.717) is 29.1 Å². The second kappa shape index (κ2) is 12.8. The standard InChI is InChI=1S/C36H47N7O4/c1-36(2,3)47-35(45)42-20-24(21-42)19-40-22-27(23-40)41-17-14-25(15-18-41)30-13-16-38-34-31(33(37)44)32(39-43(30)34)26-9-11-29(12-10-26)46-28-7-5-4-6-8-28/h4-12,24-25,27,30,38H,13-23H2,1-3H3,(H2,37,44). The molecule has 1 unspecified atom stereocenters. The molecule has 5 heterocycles. The van der Waals surface area contributed by atoms with Crippen molar-refractivity contribution in [1.82, 2.24) is 24.5 Å². The van der Waals surface area contributed by atoms with E-state index in [1.165, 1.54) is 0 Å². The summed E-state index contributed by atoms with van der Waals surface area (Å²) < 4.78 is 13.5. The highest BCUT2D eigenvalue weighted by molar-refractivity contribution is 6.03. The summed E-state index contributed by atoms with van der Waals surface area (Å²) in [6.07, 6.45) is 3.00. The average molecular weight is 642 g/mol. The normalized spacial score (nSPS) is 21.3. The van der Waals surface area contributed by atoms with Crippen molar-refractivity contribution in [2.24, 2.45) is 17.6 Å². The Morgan fingerprint density at radius 1 is 0.936 bits per heavy atom. The highest BCUT2D eigenvalue weighted by Crippen LogP contribution is 2.41. The van der Waals surface area contributed by atoms with Crippen LogP contribution < -0.4 is 15.8 Å². The number of aromatic nitrogens is 2. The molecule has 0 aliphatic carbocycles. The molecule has 0 radical (unpaired) electrons. The number of hydrogen-bond donors (Lipinski definition) is 2. The Bertz CT molecular complexity index is 1560. The van der Waals surface area contributed by atoms with Gasteiger partial charge in [0.15, 0.2) is 0 Å². The lowest BCUT2D eigenvalue weighted by molar-refractivity contribution is -0.0304. The number of amides is 2. The summed E-state index contributed by atoms with van der Waals surface area (Å²) in [6, 6.07) is 18.2. The number of nitrogens with two attached hydrogens (primary N) is 1. The van der Waals surface area contributed by atoms with Crippen LogP contribution in [0.15, 0.2) is 54.6 Å². The number of hydrogen-bond acceptors (Lipinski definition) is 8. The minimum absolute atomic E-state index is 0.195. The number of carbonyl (C=O) groups excluding carboxylic acids is 2. The number of nitrogens with zero attached hydrogens (tertiary/aromatic N) is 5. The monoisotopic (exact) mass is 641 g/mol. The van der Waals surface area contributed by atoms with Crippen molar-refractivity contribution >= 4 is 17.8 Å². The van der Waals surface area contributed by atoms with Gasteiger partial charge in [-0.05, 0) is 95.4 Å². The highest BCUT2D eigenvalue weighted by Gasteiger charge is 2.41. The molecule has 0 bridgehead atoms. The molecule has 11 nitrogen and oxygen atoms in total. The van der Waals surface area contributed by atoms with Crippen LogP contribution in [-0.4, -0.2) is 100 Å². The molecule has 4 aliphatic heterocycles. The second-order valence-corrected chi connectivity index (χ2v) is 14.6. The van der Waals surface area contributed by atoms with E-state index in [-0.39, 0.29) is 12.1 Å². The third-order valence-electron chi connectivity index (χ3n) is 10.0. The van der Waals surface area contributed by atoms with E-state index in [9.17, 15) is 9.59 Å². The molecule has 1 atom stereocenters. The maximum absolute atomic E-state index is 12.8. The van der Waals surface area contributed by atoms with Crippen LogP contribution in [0.3, 0.4) is 0 Å². The van der Waals surface area contributed by atoms with Crippen molar-refractivity contribution in [2.45, 2.75) is 57.7 Å². The molecular weight excluding hydrogens is 594 g/mol. The van der Waals surface area contributed by atoms with Gasteiger partial charge in [-0.2, -0.15) is 5.10 Å². The van der Waals surface area contributed by atoms with Gasteiger partial charge in [0.1, 0.15) is 34.2 Å². The summed E-state index contributed by atoms with van der Waals surface area (Å²) in [5.74, 6) is 2.79. The van der Waals surface area contributed by atoms with Crippen molar-refractivity contribution in [3.05, 3.63) is 60.2 Å². The first-order valence-corrected chi connectivity index (χ1v) is 17.0. The van der Waals surface area contributed by atoms with E-state index < -0.39 is 11.5 Å². The SMILES string of the molecule is CC(C)(C)OC(=O)N1CC(CN2CC(N3CCC(C4CCNc5c(C(N)=O)c(-c6ccc(Oc7ccccc7)cc6)nn54)CC3)C2)C1. The Balaban J connectivity index is 0.932. The van der Waals surface area contributed by atoms with E-state index >= 15 is 0 Å². The van der Waals surface area contributed by atoms with Crippen LogP contribution in [0.1, 0.15) is 56.4 Å². The lowest BCUT2D eigenvalue weighted by Crippen LogP contribution is -2.64. The molecule has 3 aromatic rings. The molecule has 11 heteroatoms. The molecule has 2 aromatic carbocycles. The fraction of sp³-hybridized carbons (Fsp3) is 0.528. The summed E-state index contributed by atoms with van der Waals surface area (Å²) in [5.41, 5.74) is 7.42. The molecule has 4 aliphatic rings. The Morgan fingerprint density at radius 2 is 1.62 bits per heavy atom. The van der Waals surface area contributed by atoms with Gasteiger partial charge in [0.25, 0.3) is 5.91 Å². The number of ether oxygens (including phenoxy) is 2. The van der Waals surface area contributed by atoms with E-state index in [2.05, 4.69) is 19.8 Å². The summed E-state index contributed by atoms with van der Waals surface area (Å²) in [7, 11) is 0. The van der Waals surface area contributed by atoms with Crippen LogP contribution in [-0.2, 0) is 4.74 Å². The number of likely N-dealkylation sites (tertiary alicyclic amines) is 3. The molecule has 7 rings (SSSR count). The zero-order valence-corrected chi connectivity index (χ0v) is 27.7. The van der Waals surface area contributed by atoms with Crippen molar-refractivity contribution in [3.63, 3.8) is 0 Å². The van der Waals surface area contributed by atoms with Gasteiger partial charge >= 0.3 is 6.09 Å². The van der Waals surface area contributed by atoms with Gasteiger partial charge in [-0.25, -0.2) is 9.48 Å². The number of carbonyl (C=O) groups is 2. The van der Waals surface area contributed by atoms with Crippen molar-refractivity contribution in [1.29, 1.82) is 0 Å². The molecule has 2 amide bonds. The lowest BCUT2D eigenvalue weighted by atomic mass is 9.85. The van der Waals surface area contributed by atoms with Gasteiger partial charge < -0.3 is 25.4 Å². The van der Waals surface area contributed by atoms with E-state index in [0.717, 1.165) is 94.5 Å². The van der Waals surface area contributed by atoms with E-state index in [1.807, 2.05) is 80.3 Å². The summed E-state index contributed by atoms with van der Waals surface area (Å²) in [4.78, 5) is 32.0. The zero-order valence-electron chi connectivity index (χ0n) is 27.7. The minimum Gasteiger partial charge on any atom is -0.457 e. The molecule has 1 aromatic heterocycles. The first kappa shape index (κ1) is 31.5. The molecule has 0 spiro atoms. The summed E-state index contributed by atoms with van der Waals surface area (Å²) in [6.45, 7) is 13.5. The first-order valence-electron chi connectivity index (χ1n) is 17.0. The maximum Gasteiger partial charge on any atom is 0.410 e. The molecule has 3 saturated heterocycles. The average Bonchev–Trinajstić information content (AvgIpc) is 3.40. The number of nitrogens with one attached hydrogen (secondary N) is 1. The number of primary amides is 1. The predicted octanol–water partition coefficient (Wildman–Crippen LogP) is 5.06. The van der Waals surface area contributed by atoms with Crippen LogP contribution in [0.25, 0.3) is 11.3 Å². The van der Waals surface area contributed by atoms with Gasteiger partial charge in [0.05, 0.1) is 6.04 Å². The third-order valence-corrected chi connectivity index (χ3v) is 10.0. The van der Waals surface area contributed by atoms with E-state index in [4.69, 9.17) is 20.3 Å². The Hall–Kier alpha value is -4.09. The van der Waals surface area contributed by atoms with E-state index in [1.54, 1.807) is 0 Å². The van der Waals surface area contributed by atoms with Crippen LogP contribution in [0.4, 0.5) is 10.6 Å². The Kier molecular flexibility index (Phi) is 8.61. The largest absolute Gasteiger partial charge is 0.457 e. The minimum atomic E-state index is -0.470. The fourth-order valence-electron chi connectivity index (χ4n) is 7.60. The molecule has 3 fully saturated rings. The number of rotatable bonds is 8.